The molecule has 0 aliphatic heterocycles. The van der Waals surface area contributed by atoms with Gasteiger partial charge in [-0.2, -0.15) is 0 Å². The molecule has 2 rings (SSSR count). The van der Waals surface area contributed by atoms with Crippen molar-refractivity contribution in [2.24, 2.45) is 4.99 Å². The second-order valence-electron chi connectivity index (χ2n) is 4.83. The summed E-state index contributed by atoms with van der Waals surface area (Å²) < 4.78 is 18.8. The highest BCUT2D eigenvalue weighted by molar-refractivity contribution is 14.0. The molecule has 0 bridgehead atoms. The van der Waals surface area contributed by atoms with Crippen molar-refractivity contribution in [3.05, 3.63) is 59.7 Å². The monoisotopic (exact) mass is 444 g/mol. The fraction of sp³-hybridized carbons (Fsp3) is 0.294. The zero-order chi connectivity index (χ0) is 16.5. The largest absolute Gasteiger partial charge is 0.497 e. The summed E-state index contributed by atoms with van der Waals surface area (Å²) in [6.45, 7) is 3.46. The Labute approximate surface area is 158 Å². The van der Waals surface area contributed by atoms with E-state index in [0.717, 1.165) is 11.3 Å². The number of rotatable bonds is 6. The Morgan fingerprint density at radius 2 is 2.08 bits per heavy atom. The summed E-state index contributed by atoms with van der Waals surface area (Å²) in [5, 5.41) is 6.21. The van der Waals surface area contributed by atoms with Crippen LogP contribution in [0.15, 0.2) is 47.6 Å². The zero-order valence-electron chi connectivity index (χ0n) is 13.8. The number of methoxy groups -OCH3 is 1. The molecule has 24 heavy (non-hydrogen) atoms. The molecule has 1 aromatic heterocycles. The Morgan fingerprint density at radius 3 is 2.79 bits per heavy atom. The number of nitrogens with one attached hydrogen (secondary N) is 2. The van der Waals surface area contributed by atoms with E-state index in [1.807, 2.05) is 31.2 Å². The number of ether oxygens (including phenoxy) is 1. The Balaban J connectivity index is 0.00000288. The summed E-state index contributed by atoms with van der Waals surface area (Å²) in [5.74, 6) is 1.08. The van der Waals surface area contributed by atoms with E-state index in [-0.39, 0.29) is 36.3 Å². The SMILES string of the molecule is CCNC(=NCc1cccc(OC)c1)NCc1ncccc1F.I. The maximum Gasteiger partial charge on any atom is 0.191 e. The van der Waals surface area contributed by atoms with Crippen LogP contribution in [-0.4, -0.2) is 24.6 Å². The average Bonchev–Trinajstić information content (AvgIpc) is 2.59. The first kappa shape index (κ1) is 20.1. The van der Waals surface area contributed by atoms with E-state index in [1.165, 1.54) is 6.07 Å². The van der Waals surface area contributed by atoms with Gasteiger partial charge in [-0.15, -0.1) is 24.0 Å². The highest BCUT2D eigenvalue weighted by atomic mass is 127. The van der Waals surface area contributed by atoms with E-state index >= 15 is 0 Å². The van der Waals surface area contributed by atoms with Crippen molar-refractivity contribution in [2.75, 3.05) is 13.7 Å². The van der Waals surface area contributed by atoms with Crippen molar-refractivity contribution in [3.63, 3.8) is 0 Å². The van der Waals surface area contributed by atoms with Gasteiger partial charge in [-0.3, -0.25) is 4.98 Å². The van der Waals surface area contributed by atoms with E-state index in [4.69, 9.17) is 4.74 Å². The predicted octanol–water partition coefficient (Wildman–Crippen LogP) is 3.10. The standard InChI is InChI=1S/C17H21FN4O.HI/c1-3-19-17(22-12-16-15(18)8-5-9-20-16)21-11-13-6-4-7-14(10-13)23-2;/h4-10H,3,11-12H2,1-2H3,(H2,19,21,22);1H. The number of pyridine rings is 1. The van der Waals surface area contributed by atoms with Gasteiger partial charge in [0.25, 0.3) is 0 Å². The lowest BCUT2D eigenvalue weighted by atomic mass is 10.2. The number of aliphatic imine (C=N–C) groups is 1. The summed E-state index contributed by atoms with van der Waals surface area (Å²) in [5.41, 5.74) is 1.39. The fourth-order valence-electron chi connectivity index (χ4n) is 2.00. The van der Waals surface area contributed by atoms with Gasteiger partial charge in [0, 0.05) is 12.7 Å². The number of halogens is 2. The van der Waals surface area contributed by atoms with Crippen LogP contribution in [-0.2, 0) is 13.1 Å². The van der Waals surface area contributed by atoms with E-state index in [9.17, 15) is 4.39 Å². The average molecular weight is 444 g/mol. The van der Waals surface area contributed by atoms with Crippen LogP contribution in [0.3, 0.4) is 0 Å². The van der Waals surface area contributed by atoms with Crippen LogP contribution < -0.4 is 15.4 Å². The summed E-state index contributed by atoms with van der Waals surface area (Å²) in [6, 6.07) is 10.7. The number of hydrogen-bond donors (Lipinski definition) is 2. The van der Waals surface area contributed by atoms with Crippen LogP contribution in [0, 0.1) is 5.82 Å². The van der Waals surface area contributed by atoms with Crippen molar-refractivity contribution < 1.29 is 9.13 Å². The van der Waals surface area contributed by atoms with Gasteiger partial charge in [0.2, 0.25) is 0 Å². The van der Waals surface area contributed by atoms with Crippen molar-refractivity contribution in [2.45, 2.75) is 20.0 Å². The van der Waals surface area contributed by atoms with Crippen molar-refractivity contribution in [1.82, 2.24) is 15.6 Å². The van der Waals surface area contributed by atoms with E-state index in [1.54, 1.807) is 19.4 Å². The molecule has 0 atom stereocenters. The third-order valence-corrected chi connectivity index (χ3v) is 3.16. The fourth-order valence-corrected chi connectivity index (χ4v) is 2.00. The molecule has 0 saturated carbocycles. The van der Waals surface area contributed by atoms with Gasteiger partial charge in [-0.05, 0) is 36.8 Å². The first-order valence-corrected chi connectivity index (χ1v) is 7.47. The van der Waals surface area contributed by atoms with Crippen LogP contribution in [0.4, 0.5) is 4.39 Å². The van der Waals surface area contributed by atoms with Gasteiger partial charge >= 0.3 is 0 Å². The normalized spacial score (nSPS) is 10.7. The summed E-state index contributed by atoms with van der Waals surface area (Å²) in [4.78, 5) is 8.51. The molecule has 0 spiro atoms. The van der Waals surface area contributed by atoms with E-state index in [2.05, 4.69) is 20.6 Å². The maximum atomic E-state index is 13.6. The van der Waals surface area contributed by atoms with Gasteiger partial charge in [-0.25, -0.2) is 9.38 Å². The summed E-state index contributed by atoms with van der Waals surface area (Å²) >= 11 is 0. The maximum absolute atomic E-state index is 13.6. The van der Waals surface area contributed by atoms with Gasteiger partial charge in [0.1, 0.15) is 11.6 Å². The van der Waals surface area contributed by atoms with Crippen LogP contribution in [0.25, 0.3) is 0 Å². The number of guanidine groups is 1. The molecule has 0 radical (unpaired) electrons. The number of aromatic nitrogens is 1. The lowest BCUT2D eigenvalue weighted by Gasteiger charge is -2.11. The number of nitrogens with zero attached hydrogens (tertiary/aromatic N) is 2. The summed E-state index contributed by atoms with van der Waals surface area (Å²) in [7, 11) is 1.63. The Morgan fingerprint density at radius 1 is 1.25 bits per heavy atom. The third kappa shape index (κ3) is 6.31. The Hall–Kier alpha value is -1.90. The molecule has 0 fully saturated rings. The molecule has 0 aliphatic carbocycles. The minimum Gasteiger partial charge on any atom is -0.497 e. The molecular weight excluding hydrogens is 422 g/mol. The van der Waals surface area contributed by atoms with Gasteiger partial charge in [0.05, 0.1) is 25.9 Å². The second kappa shape index (κ2) is 10.8. The predicted molar refractivity (Wildman–Crippen MR) is 104 cm³/mol. The smallest absolute Gasteiger partial charge is 0.191 e. The highest BCUT2D eigenvalue weighted by Crippen LogP contribution is 2.13. The molecule has 0 saturated heterocycles. The molecule has 1 aromatic carbocycles. The van der Waals surface area contributed by atoms with E-state index in [0.29, 0.717) is 24.7 Å². The van der Waals surface area contributed by atoms with Crippen LogP contribution in [0.1, 0.15) is 18.2 Å². The van der Waals surface area contributed by atoms with Crippen molar-refractivity contribution >= 4 is 29.9 Å². The second-order valence-corrected chi connectivity index (χ2v) is 4.83. The molecule has 1 heterocycles. The number of hydrogen-bond acceptors (Lipinski definition) is 3. The topological polar surface area (TPSA) is 58.5 Å². The first-order valence-electron chi connectivity index (χ1n) is 7.47. The quantitative estimate of drug-likeness (QED) is 0.409. The lowest BCUT2D eigenvalue weighted by molar-refractivity contribution is 0.414. The lowest BCUT2D eigenvalue weighted by Crippen LogP contribution is -2.37. The molecule has 2 aromatic rings. The molecule has 0 unspecified atom stereocenters. The molecule has 5 nitrogen and oxygen atoms in total. The molecule has 130 valence electrons. The van der Waals surface area contributed by atoms with Gasteiger partial charge < -0.3 is 15.4 Å². The molecule has 0 aliphatic rings. The Bertz CT molecular complexity index is 667. The van der Waals surface area contributed by atoms with Gasteiger partial charge in [-0.1, -0.05) is 12.1 Å². The number of benzene rings is 1. The zero-order valence-corrected chi connectivity index (χ0v) is 16.1. The summed E-state index contributed by atoms with van der Waals surface area (Å²) in [6.07, 6.45) is 1.57. The van der Waals surface area contributed by atoms with Crippen molar-refractivity contribution in [1.29, 1.82) is 0 Å². The van der Waals surface area contributed by atoms with Crippen molar-refractivity contribution in [3.8, 4) is 5.75 Å². The van der Waals surface area contributed by atoms with Crippen LogP contribution in [0.2, 0.25) is 0 Å². The molecule has 7 heteroatoms. The molecular formula is C17H22FIN4O. The highest BCUT2D eigenvalue weighted by Gasteiger charge is 2.04. The van der Waals surface area contributed by atoms with Gasteiger partial charge in [0.15, 0.2) is 5.96 Å². The molecule has 2 N–H and O–H groups in total. The molecule has 0 amide bonds. The minimum atomic E-state index is -0.330. The van der Waals surface area contributed by atoms with E-state index < -0.39 is 0 Å². The minimum absolute atomic E-state index is 0. The van der Waals surface area contributed by atoms with Crippen LogP contribution >= 0.6 is 24.0 Å². The first-order chi connectivity index (χ1) is 11.2. The third-order valence-electron chi connectivity index (χ3n) is 3.16. The van der Waals surface area contributed by atoms with Crippen LogP contribution in [0.5, 0.6) is 5.75 Å². The Kier molecular flexibility index (Phi) is 9.06.